The summed E-state index contributed by atoms with van der Waals surface area (Å²) in [6, 6.07) is 8.01. The largest absolute Gasteiger partial charge is 0.496 e. The fourth-order valence-electron chi connectivity index (χ4n) is 3.34. The van der Waals surface area contributed by atoms with Gasteiger partial charge in [-0.15, -0.1) is 0 Å². The Morgan fingerprint density at radius 2 is 2.00 bits per heavy atom. The Balaban J connectivity index is 1.82. The summed E-state index contributed by atoms with van der Waals surface area (Å²) in [4.78, 5) is 14.8. The number of likely N-dealkylation sites (tertiary alicyclic amines) is 1. The molecule has 1 unspecified atom stereocenters. The molecule has 3 rings (SSSR count). The Labute approximate surface area is 114 Å². The van der Waals surface area contributed by atoms with Crippen molar-refractivity contribution in [2.75, 3.05) is 13.7 Å². The number of para-hydroxylation sites is 1. The Morgan fingerprint density at radius 3 is 2.68 bits per heavy atom. The van der Waals surface area contributed by atoms with Crippen LogP contribution in [0.5, 0.6) is 5.75 Å². The average molecular weight is 259 g/mol. The van der Waals surface area contributed by atoms with E-state index in [1.54, 1.807) is 7.11 Å². The summed E-state index contributed by atoms with van der Waals surface area (Å²) in [5.41, 5.74) is 0.705. The highest BCUT2D eigenvalue weighted by molar-refractivity contribution is 5.97. The van der Waals surface area contributed by atoms with Crippen LogP contribution in [-0.2, 0) is 0 Å². The second kappa shape index (κ2) is 5.24. The van der Waals surface area contributed by atoms with Crippen molar-refractivity contribution in [3.63, 3.8) is 0 Å². The zero-order valence-corrected chi connectivity index (χ0v) is 11.5. The minimum absolute atomic E-state index is 0.145. The lowest BCUT2D eigenvalue weighted by atomic mass is 9.78. The molecule has 3 heteroatoms. The first-order valence-electron chi connectivity index (χ1n) is 7.25. The summed E-state index contributed by atoms with van der Waals surface area (Å²) in [5, 5.41) is 0. The predicted octanol–water partition coefficient (Wildman–Crippen LogP) is 3.10. The molecule has 0 N–H and O–H groups in total. The third-order valence-corrected chi connectivity index (χ3v) is 4.59. The van der Waals surface area contributed by atoms with Crippen molar-refractivity contribution in [3.05, 3.63) is 29.8 Å². The van der Waals surface area contributed by atoms with Gasteiger partial charge in [0.15, 0.2) is 0 Å². The van der Waals surface area contributed by atoms with Crippen LogP contribution >= 0.6 is 0 Å². The van der Waals surface area contributed by atoms with Crippen LogP contribution in [0.4, 0.5) is 0 Å². The number of hydrogen-bond donors (Lipinski definition) is 0. The molecule has 1 aliphatic carbocycles. The highest BCUT2D eigenvalue weighted by atomic mass is 16.5. The molecule has 0 aromatic heterocycles. The lowest BCUT2D eigenvalue weighted by molar-refractivity contribution is 0.0623. The number of benzene rings is 1. The Bertz CT molecular complexity index is 468. The van der Waals surface area contributed by atoms with E-state index in [4.69, 9.17) is 4.74 Å². The van der Waals surface area contributed by atoms with Crippen LogP contribution in [-0.4, -0.2) is 30.5 Å². The lowest BCUT2D eigenvalue weighted by Gasteiger charge is -2.37. The molecular weight excluding hydrogens is 238 g/mol. The van der Waals surface area contributed by atoms with Crippen molar-refractivity contribution in [1.29, 1.82) is 0 Å². The summed E-state index contributed by atoms with van der Waals surface area (Å²) in [5.74, 6) is 1.57. The standard InChI is InChI=1S/C16H21NO2/c1-19-15-10-3-2-8-13(15)16(18)17-11-5-9-14(17)12-6-4-7-12/h2-3,8,10,12,14H,4-7,9,11H2,1H3. The molecule has 0 bridgehead atoms. The zero-order valence-electron chi connectivity index (χ0n) is 11.5. The predicted molar refractivity (Wildman–Crippen MR) is 74.4 cm³/mol. The number of nitrogens with zero attached hydrogens (tertiary/aromatic N) is 1. The highest BCUT2D eigenvalue weighted by Crippen LogP contribution is 2.38. The second-order valence-electron chi connectivity index (χ2n) is 5.60. The summed E-state index contributed by atoms with van der Waals surface area (Å²) in [6.07, 6.45) is 6.23. The van der Waals surface area contributed by atoms with Gasteiger partial charge in [-0.25, -0.2) is 0 Å². The fraction of sp³-hybridized carbons (Fsp3) is 0.562. The molecule has 3 nitrogen and oxygen atoms in total. The highest BCUT2D eigenvalue weighted by Gasteiger charge is 2.38. The molecule has 1 aliphatic heterocycles. The van der Waals surface area contributed by atoms with E-state index in [2.05, 4.69) is 4.90 Å². The Kier molecular flexibility index (Phi) is 3.45. The van der Waals surface area contributed by atoms with Gasteiger partial charge in [0.2, 0.25) is 0 Å². The second-order valence-corrected chi connectivity index (χ2v) is 5.60. The maximum Gasteiger partial charge on any atom is 0.257 e. The Hall–Kier alpha value is -1.51. The van der Waals surface area contributed by atoms with E-state index in [9.17, 15) is 4.79 Å². The molecule has 1 aromatic rings. The molecule has 102 valence electrons. The maximum atomic E-state index is 12.7. The molecule has 2 fully saturated rings. The van der Waals surface area contributed by atoms with Gasteiger partial charge in [0.1, 0.15) is 5.75 Å². The van der Waals surface area contributed by atoms with E-state index in [0.717, 1.165) is 18.9 Å². The van der Waals surface area contributed by atoms with Gasteiger partial charge < -0.3 is 9.64 Å². The number of hydrogen-bond acceptors (Lipinski definition) is 2. The summed E-state index contributed by atoms with van der Waals surface area (Å²) in [7, 11) is 1.62. The first-order chi connectivity index (χ1) is 9.31. The minimum atomic E-state index is 0.145. The lowest BCUT2D eigenvalue weighted by Crippen LogP contribution is -2.42. The first kappa shape index (κ1) is 12.5. The zero-order chi connectivity index (χ0) is 13.2. The van der Waals surface area contributed by atoms with Crippen molar-refractivity contribution >= 4 is 5.91 Å². The van der Waals surface area contributed by atoms with Gasteiger partial charge in [-0.3, -0.25) is 4.79 Å². The van der Waals surface area contributed by atoms with Gasteiger partial charge in [0, 0.05) is 12.6 Å². The third-order valence-electron chi connectivity index (χ3n) is 4.59. The number of carbonyl (C=O) groups is 1. The number of ether oxygens (including phenoxy) is 1. The van der Waals surface area contributed by atoms with Gasteiger partial charge in [0.05, 0.1) is 12.7 Å². The summed E-state index contributed by atoms with van der Waals surface area (Å²) >= 11 is 0. The van der Waals surface area contributed by atoms with Crippen molar-refractivity contribution < 1.29 is 9.53 Å². The van der Waals surface area contributed by atoms with Crippen LogP contribution in [0.25, 0.3) is 0 Å². The maximum absolute atomic E-state index is 12.7. The third kappa shape index (κ3) is 2.22. The summed E-state index contributed by atoms with van der Waals surface area (Å²) < 4.78 is 5.31. The van der Waals surface area contributed by atoms with Crippen molar-refractivity contribution in [2.45, 2.75) is 38.1 Å². The Morgan fingerprint density at radius 1 is 1.21 bits per heavy atom. The molecule has 1 aromatic carbocycles. The topological polar surface area (TPSA) is 29.5 Å². The molecular formula is C16H21NO2. The van der Waals surface area contributed by atoms with E-state index in [0.29, 0.717) is 17.4 Å². The smallest absolute Gasteiger partial charge is 0.257 e. The van der Waals surface area contributed by atoms with Crippen LogP contribution in [0.2, 0.25) is 0 Å². The molecule has 1 atom stereocenters. The molecule has 2 aliphatic rings. The van der Waals surface area contributed by atoms with Gasteiger partial charge in [-0.05, 0) is 43.7 Å². The number of rotatable bonds is 3. The first-order valence-corrected chi connectivity index (χ1v) is 7.25. The van der Waals surface area contributed by atoms with Gasteiger partial charge in [-0.1, -0.05) is 18.6 Å². The van der Waals surface area contributed by atoms with Crippen LogP contribution in [0.3, 0.4) is 0 Å². The van der Waals surface area contributed by atoms with Crippen LogP contribution in [0.1, 0.15) is 42.5 Å². The van der Waals surface area contributed by atoms with Crippen LogP contribution in [0.15, 0.2) is 24.3 Å². The minimum Gasteiger partial charge on any atom is -0.496 e. The molecule has 1 amide bonds. The van der Waals surface area contributed by atoms with Crippen LogP contribution in [0, 0.1) is 5.92 Å². The van der Waals surface area contributed by atoms with Crippen molar-refractivity contribution in [1.82, 2.24) is 4.90 Å². The van der Waals surface area contributed by atoms with E-state index < -0.39 is 0 Å². The van der Waals surface area contributed by atoms with E-state index >= 15 is 0 Å². The van der Waals surface area contributed by atoms with Crippen molar-refractivity contribution in [3.8, 4) is 5.75 Å². The van der Waals surface area contributed by atoms with E-state index in [1.807, 2.05) is 24.3 Å². The number of amides is 1. The summed E-state index contributed by atoms with van der Waals surface area (Å²) in [6.45, 7) is 0.901. The van der Waals surface area contributed by atoms with Gasteiger partial charge in [0.25, 0.3) is 5.91 Å². The fourth-order valence-corrected chi connectivity index (χ4v) is 3.34. The monoisotopic (exact) mass is 259 g/mol. The van der Waals surface area contributed by atoms with E-state index in [-0.39, 0.29) is 5.91 Å². The molecule has 1 heterocycles. The number of methoxy groups -OCH3 is 1. The van der Waals surface area contributed by atoms with Gasteiger partial charge in [-0.2, -0.15) is 0 Å². The molecule has 1 saturated carbocycles. The molecule has 1 saturated heterocycles. The normalized spacial score (nSPS) is 23.2. The van der Waals surface area contributed by atoms with Gasteiger partial charge >= 0.3 is 0 Å². The average Bonchev–Trinajstić information content (AvgIpc) is 2.85. The van der Waals surface area contributed by atoms with Crippen LogP contribution < -0.4 is 4.74 Å². The molecule has 19 heavy (non-hydrogen) atoms. The molecule has 0 spiro atoms. The number of carbonyl (C=O) groups excluding carboxylic acids is 1. The SMILES string of the molecule is COc1ccccc1C(=O)N1CCCC1C1CCC1. The van der Waals surface area contributed by atoms with Crippen molar-refractivity contribution in [2.24, 2.45) is 5.92 Å². The quantitative estimate of drug-likeness (QED) is 0.834. The molecule has 0 radical (unpaired) electrons. The van der Waals surface area contributed by atoms with E-state index in [1.165, 1.54) is 25.7 Å².